The highest BCUT2D eigenvalue weighted by molar-refractivity contribution is 6.21. The Morgan fingerprint density at radius 2 is 1.71 bits per heavy atom. The molecule has 4 rings (SSSR count). The quantitative estimate of drug-likeness (QED) is 0.392. The van der Waals surface area contributed by atoms with Crippen LogP contribution in [-0.4, -0.2) is 60.8 Å². The number of rotatable bonds is 8. The predicted molar refractivity (Wildman–Crippen MR) is 127 cm³/mol. The molecule has 0 saturated carbocycles. The fourth-order valence-corrected chi connectivity index (χ4v) is 4.23. The van der Waals surface area contributed by atoms with E-state index in [2.05, 4.69) is 10.3 Å². The molecular weight excluding hydrogens is 434 g/mol. The number of nitrogens with one attached hydrogen (secondary N) is 1. The SMILES string of the molecule is CC(C)(C)N(CCCNCc1c(CN2C(=O)c3ccccc3C2=O)nc2ccccn12)C(=O)O. The van der Waals surface area contributed by atoms with Crippen molar-refractivity contribution in [1.82, 2.24) is 24.5 Å². The van der Waals surface area contributed by atoms with Gasteiger partial charge in [-0.25, -0.2) is 9.78 Å². The van der Waals surface area contributed by atoms with Gasteiger partial charge in [0.25, 0.3) is 11.8 Å². The number of benzene rings is 1. The van der Waals surface area contributed by atoms with Crippen molar-refractivity contribution in [2.75, 3.05) is 13.1 Å². The lowest BCUT2D eigenvalue weighted by Crippen LogP contribution is -2.45. The number of imidazole rings is 1. The van der Waals surface area contributed by atoms with E-state index in [0.29, 0.717) is 42.9 Å². The molecule has 3 amide bonds. The van der Waals surface area contributed by atoms with Crippen LogP contribution in [0.25, 0.3) is 5.65 Å². The van der Waals surface area contributed by atoms with Crippen LogP contribution >= 0.6 is 0 Å². The number of fused-ring (bicyclic) bond motifs is 2. The summed E-state index contributed by atoms with van der Waals surface area (Å²) in [6, 6.07) is 12.5. The van der Waals surface area contributed by atoms with Gasteiger partial charge in [0.2, 0.25) is 0 Å². The topological polar surface area (TPSA) is 107 Å². The first kappa shape index (κ1) is 23.4. The second-order valence-electron chi connectivity index (χ2n) is 9.31. The predicted octanol–water partition coefficient (Wildman–Crippen LogP) is 3.39. The summed E-state index contributed by atoms with van der Waals surface area (Å²) in [4.78, 5) is 44.5. The number of hydrogen-bond donors (Lipinski definition) is 2. The van der Waals surface area contributed by atoms with Crippen LogP contribution in [0.4, 0.5) is 4.79 Å². The van der Waals surface area contributed by atoms with E-state index >= 15 is 0 Å². The van der Waals surface area contributed by atoms with E-state index < -0.39 is 11.6 Å². The van der Waals surface area contributed by atoms with E-state index in [4.69, 9.17) is 0 Å². The molecule has 178 valence electrons. The Labute approximate surface area is 198 Å². The van der Waals surface area contributed by atoms with E-state index in [9.17, 15) is 19.5 Å². The summed E-state index contributed by atoms with van der Waals surface area (Å²) in [7, 11) is 0. The van der Waals surface area contributed by atoms with Crippen LogP contribution in [-0.2, 0) is 13.1 Å². The summed E-state index contributed by atoms with van der Waals surface area (Å²) in [5, 5.41) is 12.8. The molecule has 0 spiro atoms. The molecular formula is C25H29N5O4. The Balaban J connectivity index is 1.47. The third kappa shape index (κ3) is 4.51. The minimum atomic E-state index is -0.933. The number of aromatic nitrogens is 2. The summed E-state index contributed by atoms with van der Waals surface area (Å²) in [5.41, 5.74) is 2.60. The third-order valence-corrected chi connectivity index (χ3v) is 5.97. The monoisotopic (exact) mass is 463 g/mol. The van der Waals surface area contributed by atoms with Gasteiger partial charge in [0.1, 0.15) is 5.65 Å². The van der Waals surface area contributed by atoms with E-state index in [0.717, 1.165) is 11.3 Å². The van der Waals surface area contributed by atoms with Crippen molar-refractivity contribution in [2.24, 2.45) is 0 Å². The lowest BCUT2D eigenvalue weighted by Gasteiger charge is -2.33. The highest BCUT2D eigenvalue weighted by atomic mass is 16.4. The van der Waals surface area contributed by atoms with Crippen molar-refractivity contribution < 1.29 is 19.5 Å². The van der Waals surface area contributed by atoms with Crippen molar-refractivity contribution in [1.29, 1.82) is 0 Å². The molecule has 2 N–H and O–H groups in total. The van der Waals surface area contributed by atoms with Gasteiger partial charge in [-0.05, 0) is 58.0 Å². The molecule has 0 atom stereocenters. The molecule has 34 heavy (non-hydrogen) atoms. The number of amides is 3. The molecule has 3 aromatic rings. The van der Waals surface area contributed by atoms with Crippen molar-refractivity contribution >= 4 is 23.6 Å². The molecule has 0 radical (unpaired) electrons. The van der Waals surface area contributed by atoms with Crippen molar-refractivity contribution in [2.45, 2.75) is 45.8 Å². The normalized spacial score (nSPS) is 13.6. The first-order valence-electron chi connectivity index (χ1n) is 11.3. The van der Waals surface area contributed by atoms with Gasteiger partial charge in [-0.2, -0.15) is 0 Å². The molecule has 0 unspecified atom stereocenters. The number of imide groups is 1. The van der Waals surface area contributed by atoms with E-state index in [1.54, 1.807) is 24.3 Å². The number of carboxylic acid groups (broad SMARTS) is 1. The molecule has 9 nitrogen and oxygen atoms in total. The zero-order chi connectivity index (χ0) is 24.5. The molecule has 2 aromatic heterocycles. The fourth-order valence-electron chi connectivity index (χ4n) is 4.23. The number of carbonyl (C=O) groups excluding carboxylic acids is 2. The minimum absolute atomic E-state index is 0.0852. The number of pyridine rings is 1. The number of hydrogen-bond acceptors (Lipinski definition) is 5. The van der Waals surface area contributed by atoms with Crippen LogP contribution in [0.3, 0.4) is 0 Å². The molecule has 0 fully saturated rings. The molecule has 0 aliphatic carbocycles. The maximum atomic E-state index is 12.8. The van der Waals surface area contributed by atoms with Gasteiger partial charge in [0.15, 0.2) is 0 Å². The summed E-state index contributed by atoms with van der Waals surface area (Å²) >= 11 is 0. The summed E-state index contributed by atoms with van der Waals surface area (Å²) < 4.78 is 1.94. The largest absolute Gasteiger partial charge is 0.465 e. The molecule has 0 bridgehead atoms. The van der Waals surface area contributed by atoms with Gasteiger partial charge in [-0.1, -0.05) is 18.2 Å². The summed E-state index contributed by atoms with van der Waals surface area (Å²) in [6.07, 6.45) is 1.61. The standard InChI is InChI=1S/C25H29N5O4/c1-25(2,3)30(24(33)34)14-8-12-26-15-20-19(27-21-11-6-7-13-28(20)21)16-29-22(31)17-9-4-5-10-18(17)23(29)32/h4-7,9-11,13,26H,8,12,14-16H2,1-3H3,(H,33,34). The molecule has 1 aliphatic rings. The smallest absolute Gasteiger partial charge is 0.407 e. The Morgan fingerprint density at radius 3 is 2.32 bits per heavy atom. The Bertz CT molecular complexity index is 1210. The fraction of sp³-hybridized carbons (Fsp3) is 0.360. The van der Waals surface area contributed by atoms with Gasteiger partial charge < -0.3 is 19.7 Å². The molecule has 1 aromatic carbocycles. The van der Waals surface area contributed by atoms with E-state index in [1.165, 1.54) is 9.80 Å². The molecule has 1 aliphatic heterocycles. The Kier molecular flexibility index (Phi) is 6.39. The van der Waals surface area contributed by atoms with Crippen LogP contribution in [0.5, 0.6) is 0 Å². The van der Waals surface area contributed by atoms with E-state index in [-0.39, 0.29) is 18.4 Å². The van der Waals surface area contributed by atoms with Crippen molar-refractivity contribution in [3.63, 3.8) is 0 Å². The van der Waals surface area contributed by atoms with Crippen LogP contribution in [0.1, 0.15) is 59.3 Å². The van der Waals surface area contributed by atoms with Crippen LogP contribution < -0.4 is 5.32 Å². The highest BCUT2D eigenvalue weighted by Gasteiger charge is 2.36. The minimum Gasteiger partial charge on any atom is -0.465 e. The number of nitrogens with zero attached hydrogens (tertiary/aromatic N) is 4. The van der Waals surface area contributed by atoms with Crippen LogP contribution in [0.2, 0.25) is 0 Å². The second kappa shape index (κ2) is 9.26. The van der Waals surface area contributed by atoms with Crippen molar-refractivity contribution in [3.8, 4) is 0 Å². The third-order valence-electron chi connectivity index (χ3n) is 5.97. The van der Waals surface area contributed by atoms with Gasteiger partial charge in [0.05, 0.1) is 29.1 Å². The lowest BCUT2D eigenvalue weighted by atomic mass is 10.1. The molecule has 9 heteroatoms. The summed E-state index contributed by atoms with van der Waals surface area (Å²) in [6.45, 7) is 7.19. The zero-order valence-corrected chi connectivity index (χ0v) is 19.6. The molecule has 0 saturated heterocycles. The van der Waals surface area contributed by atoms with Gasteiger partial charge in [0, 0.05) is 24.8 Å². The first-order valence-corrected chi connectivity index (χ1v) is 11.3. The van der Waals surface area contributed by atoms with Gasteiger partial charge in [-0.15, -0.1) is 0 Å². The average molecular weight is 464 g/mol. The zero-order valence-electron chi connectivity index (χ0n) is 19.6. The van der Waals surface area contributed by atoms with Gasteiger partial charge in [-0.3, -0.25) is 14.5 Å². The first-order chi connectivity index (χ1) is 16.2. The lowest BCUT2D eigenvalue weighted by molar-refractivity contribution is 0.0639. The maximum absolute atomic E-state index is 12.8. The van der Waals surface area contributed by atoms with Crippen LogP contribution in [0, 0.1) is 0 Å². The van der Waals surface area contributed by atoms with Gasteiger partial charge >= 0.3 is 6.09 Å². The average Bonchev–Trinajstić information content (AvgIpc) is 3.25. The Morgan fingerprint density at radius 1 is 1.06 bits per heavy atom. The maximum Gasteiger partial charge on any atom is 0.407 e. The Hall–Kier alpha value is -3.72. The summed E-state index contributed by atoms with van der Waals surface area (Å²) in [5.74, 6) is -0.625. The number of carbonyl (C=O) groups is 3. The second-order valence-corrected chi connectivity index (χ2v) is 9.31. The van der Waals surface area contributed by atoms with Crippen LogP contribution in [0.15, 0.2) is 48.7 Å². The van der Waals surface area contributed by atoms with E-state index in [1.807, 2.05) is 49.6 Å². The highest BCUT2D eigenvalue weighted by Crippen LogP contribution is 2.25. The van der Waals surface area contributed by atoms with Crippen molar-refractivity contribution in [3.05, 3.63) is 71.2 Å². The molecule has 3 heterocycles.